The van der Waals surface area contributed by atoms with Gasteiger partial charge in [0.2, 0.25) is 0 Å². The monoisotopic (exact) mass is 299 g/mol. The van der Waals surface area contributed by atoms with Gasteiger partial charge in [0.1, 0.15) is 0 Å². The largest absolute Gasteiger partial charge is 0.392 e. The van der Waals surface area contributed by atoms with Crippen molar-refractivity contribution in [1.29, 1.82) is 0 Å². The highest BCUT2D eigenvalue weighted by Crippen LogP contribution is 2.25. The SMILES string of the molecule is CCC1CN(c2ccc(CO)c(Br)c2)CCO1. The number of rotatable bonds is 3. The average Bonchev–Trinajstić information content (AvgIpc) is 2.38. The highest BCUT2D eigenvalue weighted by Gasteiger charge is 2.19. The smallest absolute Gasteiger partial charge is 0.0748 e. The molecule has 1 aromatic rings. The van der Waals surface area contributed by atoms with Crippen molar-refractivity contribution in [1.82, 2.24) is 0 Å². The van der Waals surface area contributed by atoms with Crippen LogP contribution in [0.5, 0.6) is 0 Å². The summed E-state index contributed by atoms with van der Waals surface area (Å²) in [5.41, 5.74) is 2.12. The Morgan fingerprint density at radius 3 is 3.00 bits per heavy atom. The van der Waals surface area contributed by atoms with Gasteiger partial charge in [0.25, 0.3) is 0 Å². The van der Waals surface area contributed by atoms with Crippen LogP contribution in [0.2, 0.25) is 0 Å². The number of hydrogen-bond donors (Lipinski definition) is 1. The summed E-state index contributed by atoms with van der Waals surface area (Å²) in [5.74, 6) is 0. The Labute approximate surface area is 111 Å². The zero-order valence-corrected chi connectivity index (χ0v) is 11.6. The first-order chi connectivity index (χ1) is 8.24. The van der Waals surface area contributed by atoms with E-state index in [1.807, 2.05) is 6.07 Å². The standard InChI is InChI=1S/C13H18BrNO2/c1-2-12-8-15(5-6-17-12)11-4-3-10(9-16)13(14)7-11/h3-4,7,12,16H,2,5-6,8-9H2,1H3. The molecule has 1 saturated heterocycles. The molecule has 1 aromatic carbocycles. The number of aliphatic hydroxyl groups is 1. The lowest BCUT2D eigenvalue weighted by Gasteiger charge is -2.34. The molecule has 1 fully saturated rings. The minimum absolute atomic E-state index is 0.0710. The molecule has 1 aliphatic heterocycles. The first-order valence-electron chi connectivity index (χ1n) is 6.00. The van der Waals surface area contributed by atoms with Crippen molar-refractivity contribution in [2.24, 2.45) is 0 Å². The molecule has 0 aromatic heterocycles. The second-order valence-electron chi connectivity index (χ2n) is 4.28. The first-order valence-corrected chi connectivity index (χ1v) is 6.79. The van der Waals surface area contributed by atoms with Crippen LogP contribution in [0.4, 0.5) is 5.69 Å². The van der Waals surface area contributed by atoms with Crippen LogP contribution in [0, 0.1) is 0 Å². The molecule has 0 amide bonds. The molecule has 1 aliphatic rings. The predicted octanol–water partition coefficient (Wildman–Crippen LogP) is 2.56. The number of nitrogens with zero attached hydrogens (tertiary/aromatic N) is 1. The lowest BCUT2D eigenvalue weighted by molar-refractivity contribution is 0.0384. The molecular formula is C13H18BrNO2. The highest BCUT2D eigenvalue weighted by molar-refractivity contribution is 9.10. The van der Waals surface area contributed by atoms with E-state index in [4.69, 9.17) is 9.84 Å². The summed E-state index contributed by atoms with van der Waals surface area (Å²) in [6, 6.07) is 6.10. The fraction of sp³-hybridized carbons (Fsp3) is 0.538. The van der Waals surface area contributed by atoms with Crippen molar-refractivity contribution < 1.29 is 9.84 Å². The number of benzene rings is 1. The van der Waals surface area contributed by atoms with Crippen molar-refractivity contribution in [3.05, 3.63) is 28.2 Å². The van der Waals surface area contributed by atoms with E-state index in [0.717, 1.165) is 36.2 Å². The topological polar surface area (TPSA) is 32.7 Å². The second kappa shape index (κ2) is 5.85. The van der Waals surface area contributed by atoms with Crippen LogP contribution in [0.15, 0.2) is 22.7 Å². The van der Waals surface area contributed by atoms with Gasteiger partial charge in [-0.25, -0.2) is 0 Å². The van der Waals surface area contributed by atoms with Crippen molar-refractivity contribution in [2.75, 3.05) is 24.6 Å². The molecule has 94 valence electrons. The first kappa shape index (κ1) is 12.9. The lowest BCUT2D eigenvalue weighted by Crippen LogP contribution is -2.42. The van der Waals surface area contributed by atoms with Gasteiger partial charge >= 0.3 is 0 Å². The molecule has 1 N–H and O–H groups in total. The van der Waals surface area contributed by atoms with E-state index in [-0.39, 0.29) is 6.61 Å². The molecule has 1 atom stereocenters. The van der Waals surface area contributed by atoms with Gasteiger partial charge in [-0.2, -0.15) is 0 Å². The summed E-state index contributed by atoms with van der Waals surface area (Å²) in [7, 11) is 0. The fourth-order valence-corrected chi connectivity index (χ4v) is 2.55. The minimum Gasteiger partial charge on any atom is -0.392 e. The van der Waals surface area contributed by atoms with Gasteiger partial charge < -0.3 is 14.7 Å². The molecule has 1 unspecified atom stereocenters. The van der Waals surface area contributed by atoms with Crippen LogP contribution in [0.25, 0.3) is 0 Å². The zero-order chi connectivity index (χ0) is 12.3. The Bertz CT molecular complexity index is 384. The molecule has 17 heavy (non-hydrogen) atoms. The predicted molar refractivity (Wildman–Crippen MR) is 72.3 cm³/mol. The third kappa shape index (κ3) is 3.00. The summed E-state index contributed by atoms with van der Waals surface area (Å²) in [6.45, 7) is 4.89. The van der Waals surface area contributed by atoms with Gasteiger partial charge in [-0.15, -0.1) is 0 Å². The number of morpholine rings is 1. The summed E-state index contributed by atoms with van der Waals surface area (Å²) < 4.78 is 6.63. The molecule has 0 radical (unpaired) electrons. The number of anilines is 1. The van der Waals surface area contributed by atoms with E-state index in [9.17, 15) is 0 Å². The van der Waals surface area contributed by atoms with E-state index in [0.29, 0.717) is 6.10 Å². The van der Waals surface area contributed by atoms with Crippen LogP contribution in [-0.2, 0) is 11.3 Å². The molecule has 2 rings (SSSR count). The molecule has 0 saturated carbocycles. The van der Waals surface area contributed by atoms with Crippen LogP contribution in [0.3, 0.4) is 0 Å². The maximum absolute atomic E-state index is 9.14. The van der Waals surface area contributed by atoms with Crippen LogP contribution < -0.4 is 4.90 Å². The Morgan fingerprint density at radius 1 is 1.53 bits per heavy atom. The Morgan fingerprint density at radius 2 is 2.35 bits per heavy atom. The summed E-state index contributed by atoms with van der Waals surface area (Å²) in [6.07, 6.45) is 1.38. The van der Waals surface area contributed by atoms with Crippen LogP contribution in [0.1, 0.15) is 18.9 Å². The number of halogens is 1. The van der Waals surface area contributed by atoms with Crippen LogP contribution >= 0.6 is 15.9 Å². The molecule has 4 heteroatoms. The average molecular weight is 300 g/mol. The number of aliphatic hydroxyl groups excluding tert-OH is 1. The van der Waals surface area contributed by atoms with E-state index in [1.54, 1.807) is 0 Å². The van der Waals surface area contributed by atoms with Gasteiger partial charge in [-0.3, -0.25) is 0 Å². The maximum Gasteiger partial charge on any atom is 0.0748 e. The van der Waals surface area contributed by atoms with Crippen molar-refractivity contribution >= 4 is 21.6 Å². The third-order valence-electron chi connectivity index (χ3n) is 3.17. The Hall–Kier alpha value is -0.580. The molecular weight excluding hydrogens is 282 g/mol. The van der Waals surface area contributed by atoms with Crippen molar-refractivity contribution in [2.45, 2.75) is 26.1 Å². The molecule has 1 heterocycles. The van der Waals surface area contributed by atoms with Gasteiger partial charge in [-0.1, -0.05) is 28.9 Å². The molecule has 3 nitrogen and oxygen atoms in total. The van der Waals surface area contributed by atoms with E-state index in [1.165, 1.54) is 5.69 Å². The van der Waals surface area contributed by atoms with Gasteiger partial charge in [0.05, 0.1) is 19.3 Å². The summed E-state index contributed by atoms with van der Waals surface area (Å²) >= 11 is 3.49. The quantitative estimate of drug-likeness (QED) is 0.931. The summed E-state index contributed by atoms with van der Waals surface area (Å²) in [4.78, 5) is 2.34. The third-order valence-corrected chi connectivity index (χ3v) is 3.90. The Balaban J connectivity index is 2.13. The highest BCUT2D eigenvalue weighted by atomic mass is 79.9. The van der Waals surface area contributed by atoms with Gasteiger partial charge in [0.15, 0.2) is 0 Å². The fourth-order valence-electron chi connectivity index (χ4n) is 2.06. The molecule has 0 spiro atoms. The second-order valence-corrected chi connectivity index (χ2v) is 5.14. The zero-order valence-electron chi connectivity index (χ0n) is 10.0. The van der Waals surface area contributed by atoms with Gasteiger partial charge in [-0.05, 0) is 24.1 Å². The number of hydrogen-bond acceptors (Lipinski definition) is 3. The lowest BCUT2D eigenvalue weighted by atomic mass is 10.1. The van der Waals surface area contributed by atoms with Crippen molar-refractivity contribution in [3.8, 4) is 0 Å². The normalized spacial score (nSPS) is 20.6. The molecule has 0 bridgehead atoms. The van der Waals surface area contributed by atoms with E-state index < -0.39 is 0 Å². The minimum atomic E-state index is 0.0710. The van der Waals surface area contributed by atoms with E-state index in [2.05, 4.69) is 39.9 Å². The van der Waals surface area contributed by atoms with Crippen LogP contribution in [-0.4, -0.2) is 30.9 Å². The Kier molecular flexibility index (Phi) is 4.42. The number of ether oxygens (including phenoxy) is 1. The summed E-state index contributed by atoms with van der Waals surface area (Å²) in [5, 5.41) is 9.14. The molecule has 0 aliphatic carbocycles. The van der Waals surface area contributed by atoms with Gasteiger partial charge in [0, 0.05) is 23.2 Å². The van der Waals surface area contributed by atoms with E-state index >= 15 is 0 Å². The maximum atomic E-state index is 9.14. The van der Waals surface area contributed by atoms with Crippen molar-refractivity contribution in [3.63, 3.8) is 0 Å².